The smallest absolute Gasteiger partial charge is 0.229 e. The predicted molar refractivity (Wildman–Crippen MR) is 60.4 cm³/mol. The van der Waals surface area contributed by atoms with Gasteiger partial charge in [0, 0.05) is 23.9 Å². The van der Waals surface area contributed by atoms with Crippen molar-refractivity contribution in [2.75, 3.05) is 11.4 Å². The second kappa shape index (κ2) is 3.73. The highest BCUT2D eigenvalue weighted by Gasteiger charge is 2.30. The van der Waals surface area contributed by atoms with Gasteiger partial charge in [0.2, 0.25) is 5.91 Å². The molecule has 0 saturated carbocycles. The molecular formula is C10H12N2O2S. The van der Waals surface area contributed by atoms with Gasteiger partial charge in [-0.2, -0.15) is 12.6 Å². The van der Waals surface area contributed by atoms with E-state index in [1.165, 1.54) is 4.90 Å². The van der Waals surface area contributed by atoms with Crippen LogP contribution in [0, 0.1) is 6.92 Å². The zero-order valence-corrected chi connectivity index (χ0v) is 9.24. The third kappa shape index (κ3) is 1.92. The van der Waals surface area contributed by atoms with Gasteiger partial charge in [-0.05, 0) is 19.1 Å². The molecule has 0 aromatic carbocycles. The van der Waals surface area contributed by atoms with Crippen LogP contribution < -0.4 is 4.90 Å². The van der Waals surface area contributed by atoms with Crippen LogP contribution >= 0.6 is 12.6 Å². The number of aromatic nitrogens is 1. The molecule has 1 aliphatic rings. The van der Waals surface area contributed by atoms with Crippen LogP contribution in [0.3, 0.4) is 0 Å². The summed E-state index contributed by atoms with van der Waals surface area (Å²) in [6.45, 7) is 2.33. The van der Waals surface area contributed by atoms with Gasteiger partial charge in [-0.25, -0.2) is 4.98 Å². The summed E-state index contributed by atoms with van der Waals surface area (Å²) >= 11 is 4.25. The van der Waals surface area contributed by atoms with Crippen LogP contribution in [-0.2, 0) is 4.79 Å². The van der Waals surface area contributed by atoms with Crippen LogP contribution in [0.15, 0.2) is 12.1 Å². The molecule has 80 valence electrons. The molecule has 1 unspecified atom stereocenters. The van der Waals surface area contributed by atoms with Crippen LogP contribution in [0.1, 0.15) is 12.1 Å². The first kappa shape index (κ1) is 10.3. The zero-order chi connectivity index (χ0) is 11.0. The van der Waals surface area contributed by atoms with Crippen LogP contribution in [-0.4, -0.2) is 27.8 Å². The monoisotopic (exact) mass is 224 g/mol. The number of pyridine rings is 1. The minimum Gasteiger partial charge on any atom is -0.504 e. The molecule has 1 aliphatic heterocycles. The molecule has 1 saturated heterocycles. The lowest BCUT2D eigenvalue weighted by Gasteiger charge is -2.16. The molecule has 1 amide bonds. The van der Waals surface area contributed by atoms with Gasteiger partial charge in [-0.3, -0.25) is 9.69 Å². The van der Waals surface area contributed by atoms with Gasteiger partial charge in [0.15, 0.2) is 11.6 Å². The molecule has 15 heavy (non-hydrogen) atoms. The van der Waals surface area contributed by atoms with E-state index in [0.717, 1.165) is 5.69 Å². The lowest BCUT2D eigenvalue weighted by atomic mass is 10.3. The number of aryl methyl sites for hydroxylation is 1. The second-order valence-corrected chi connectivity index (χ2v) is 4.39. The molecule has 1 N–H and O–H groups in total. The van der Waals surface area contributed by atoms with Crippen molar-refractivity contribution in [2.45, 2.75) is 18.6 Å². The Morgan fingerprint density at radius 3 is 2.93 bits per heavy atom. The Kier molecular flexibility index (Phi) is 2.56. The Morgan fingerprint density at radius 1 is 1.60 bits per heavy atom. The van der Waals surface area contributed by atoms with Crippen molar-refractivity contribution >= 4 is 24.4 Å². The van der Waals surface area contributed by atoms with Gasteiger partial charge >= 0.3 is 0 Å². The summed E-state index contributed by atoms with van der Waals surface area (Å²) in [7, 11) is 0. The van der Waals surface area contributed by atoms with Gasteiger partial charge in [0.25, 0.3) is 0 Å². The first-order valence-electron chi connectivity index (χ1n) is 4.73. The topological polar surface area (TPSA) is 53.4 Å². The SMILES string of the molecule is Cc1ccc(O)c(N2CC(S)CC2=O)n1. The number of rotatable bonds is 1. The van der Waals surface area contributed by atoms with Crippen molar-refractivity contribution in [3.8, 4) is 5.75 Å². The summed E-state index contributed by atoms with van der Waals surface area (Å²) in [6, 6.07) is 3.26. The third-order valence-corrected chi connectivity index (χ3v) is 2.70. The number of carbonyl (C=O) groups excluding carboxylic acids is 1. The van der Waals surface area contributed by atoms with Gasteiger partial charge in [-0.15, -0.1) is 0 Å². The normalized spacial score (nSPS) is 21.1. The molecule has 1 aromatic heterocycles. The molecule has 0 bridgehead atoms. The fraction of sp³-hybridized carbons (Fsp3) is 0.400. The first-order valence-corrected chi connectivity index (χ1v) is 5.24. The largest absolute Gasteiger partial charge is 0.504 e. The standard InChI is InChI=1S/C10H12N2O2S/c1-6-2-3-8(13)10(11-6)12-5-7(15)4-9(12)14/h2-3,7,13,15H,4-5H2,1H3. The number of thiol groups is 1. The van der Waals surface area contributed by atoms with Crippen molar-refractivity contribution in [1.29, 1.82) is 0 Å². The van der Waals surface area contributed by atoms with Crippen molar-refractivity contribution in [2.24, 2.45) is 0 Å². The second-order valence-electron chi connectivity index (χ2n) is 3.66. The Hall–Kier alpha value is -1.23. The highest BCUT2D eigenvalue weighted by atomic mass is 32.1. The van der Waals surface area contributed by atoms with E-state index in [1.807, 2.05) is 6.92 Å². The Morgan fingerprint density at radius 2 is 2.33 bits per heavy atom. The fourth-order valence-electron chi connectivity index (χ4n) is 1.63. The Bertz CT molecular complexity index is 408. The minimum absolute atomic E-state index is 0.0270. The van der Waals surface area contributed by atoms with Gasteiger partial charge in [0.1, 0.15) is 0 Å². The van der Waals surface area contributed by atoms with Crippen LogP contribution in [0.2, 0.25) is 0 Å². The summed E-state index contributed by atoms with van der Waals surface area (Å²) in [5.41, 5.74) is 0.776. The minimum atomic E-state index is -0.0385. The van der Waals surface area contributed by atoms with Crippen molar-refractivity contribution in [3.05, 3.63) is 17.8 Å². The Labute approximate surface area is 93.3 Å². The average Bonchev–Trinajstić information content (AvgIpc) is 2.50. The molecular weight excluding hydrogens is 212 g/mol. The van der Waals surface area contributed by atoms with E-state index in [1.54, 1.807) is 12.1 Å². The van der Waals surface area contributed by atoms with Gasteiger partial charge in [-0.1, -0.05) is 0 Å². The molecule has 0 aliphatic carbocycles. The quantitative estimate of drug-likeness (QED) is 0.703. The number of hydrogen-bond donors (Lipinski definition) is 2. The number of aromatic hydroxyl groups is 1. The fourth-order valence-corrected chi connectivity index (χ4v) is 1.95. The maximum absolute atomic E-state index is 11.6. The number of amides is 1. The highest BCUT2D eigenvalue weighted by Crippen LogP contribution is 2.29. The maximum atomic E-state index is 11.6. The Balaban J connectivity index is 2.37. The van der Waals surface area contributed by atoms with E-state index in [-0.39, 0.29) is 16.9 Å². The summed E-state index contributed by atoms with van der Waals surface area (Å²) in [4.78, 5) is 17.2. The number of anilines is 1. The van der Waals surface area contributed by atoms with E-state index in [4.69, 9.17) is 0 Å². The number of carbonyl (C=O) groups is 1. The third-order valence-electron chi connectivity index (χ3n) is 2.35. The van der Waals surface area contributed by atoms with Crippen molar-refractivity contribution in [3.63, 3.8) is 0 Å². The van der Waals surface area contributed by atoms with Gasteiger partial charge in [0.05, 0.1) is 0 Å². The molecule has 1 aromatic rings. The van der Waals surface area contributed by atoms with Crippen LogP contribution in [0.4, 0.5) is 5.82 Å². The molecule has 4 nitrogen and oxygen atoms in total. The average molecular weight is 224 g/mol. The summed E-state index contributed by atoms with van der Waals surface area (Å²) in [5, 5.41) is 9.65. The lowest BCUT2D eigenvalue weighted by molar-refractivity contribution is -0.117. The highest BCUT2D eigenvalue weighted by molar-refractivity contribution is 7.81. The number of hydrogen-bond acceptors (Lipinski definition) is 4. The molecule has 1 atom stereocenters. The lowest BCUT2D eigenvalue weighted by Crippen LogP contribution is -2.25. The van der Waals surface area contributed by atoms with E-state index in [2.05, 4.69) is 17.6 Å². The van der Waals surface area contributed by atoms with E-state index >= 15 is 0 Å². The summed E-state index contributed by atoms with van der Waals surface area (Å²) < 4.78 is 0. The van der Waals surface area contributed by atoms with Gasteiger partial charge < -0.3 is 5.11 Å². The van der Waals surface area contributed by atoms with E-state index in [9.17, 15) is 9.90 Å². The molecule has 2 heterocycles. The van der Waals surface area contributed by atoms with E-state index < -0.39 is 0 Å². The first-order chi connectivity index (χ1) is 7.08. The molecule has 0 spiro atoms. The molecule has 0 radical (unpaired) electrons. The summed E-state index contributed by atoms with van der Waals surface area (Å²) in [5.74, 6) is 0.344. The van der Waals surface area contributed by atoms with Crippen LogP contribution in [0.25, 0.3) is 0 Å². The zero-order valence-electron chi connectivity index (χ0n) is 8.34. The summed E-state index contributed by atoms with van der Waals surface area (Å²) in [6.07, 6.45) is 0.401. The number of nitrogens with zero attached hydrogens (tertiary/aromatic N) is 2. The maximum Gasteiger partial charge on any atom is 0.229 e. The van der Waals surface area contributed by atoms with Crippen molar-refractivity contribution in [1.82, 2.24) is 4.98 Å². The molecule has 2 rings (SSSR count). The van der Waals surface area contributed by atoms with Crippen LogP contribution in [0.5, 0.6) is 5.75 Å². The van der Waals surface area contributed by atoms with E-state index in [0.29, 0.717) is 18.8 Å². The molecule has 1 fully saturated rings. The molecule has 5 heteroatoms. The van der Waals surface area contributed by atoms with Crippen molar-refractivity contribution < 1.29 is 9.90 Å². The predicted octanol–water partition coefficient (Wildman–Crippen LogP) is 1.13.